The minimum Gasteiger partial charge on any atom is -0.465 e. The van der Waals surface area contributed by atoms with Gasteiger partial charge in [0.25, 0.3) is 0 Å². The van der Waals surface area contributed by atoms with Crippen LogP contribution in [0.5, 0.6) is 0 Å². The molecule has 1 heterocycles. The fourth-order valence-electron chi connectivity index (χ4n) is 3.24. The number of piperidine rings is 1. The molecular weight excluding hydrogens is 296 g/mol. The number of nitrogens with zero attached hydrogens (tertiary/aromatic N) is 2. The predicted molar refractivity (Wildman–Crippen MR) is 82.7 cm³/mol. The summed E-state index contributed by atoms with van der Waals surface area (Å²) in [6.45, 7) is 2.50. The Labute approximate surface area is 135 Å². The summed E-state index contributed by atoms with van der Waals surface area (Å²) in [4.78, 5) is 24.8. The maximum absolute atomic E-state index is 12.3. The van der Waals surface area contributed by atoms with E-state index < -0.39 is 23.4 Å². The maximum atomic E-state index is 12.3. The molecule has 6 heteroatoms. The van der Waals surface area contributed by atoms with Gasteiger partial charge in [-0.15, -0.1) is 0 Å². The Kier molecular flexibility index (Phi) is 5.22. The lowest BCUT2D eigenvalue weighted by atomic mass is 9.64. The van der Waals surface area contributed by atoms with Gasteiger partial charge in [-0.2, -0.15) is 5.26 Å². The van der Waals surface area contributed by atoms with Crippen molar-refractivity contribution >= 4 is 12.1 Å². The molecule has 122 valence electrons. The van der Waals surface area contributed by atoms with E-state index >= 15 is 0 Å². The summed E-state index contributed by atoms with van der Waals surface area (Å²) in [5, 5.41) is 18.7. The summed E-state index contributed by atoms with van der Waals surface area (Å²) in [7, 11) is 0. The van der Waals surface area contributed by atoms with Crippen LogP contribution in [0.3, 0.4) is 0 Å². The zero-order valence-electron chi connectivity index (χ0n) is 13.1. The number of likely N-dealkylation sites (tertiary alicyclic amines) is 1. The second-order valence-corrected chi connectivity index (χ2v) is 5.61. The van der Waals surface area contributed by atoms with Crippen molar-refractivity contribution < 1.29 is 19.4 Å². The Bertz CT molecular complexity index is 601. The van der Waals surface area contributed by atoms with Crippen molar-refractivity contribution in [3.8, 4) is 6.07 Å². The molecule has 1 aromatic rings. The molecule has 1 unspecified atom stereocenters. The van der Waals surface area contributed by atoms with Gasteiger partial charge in [0.2, 0.25) is 0 Å². The van der Waals surface area contributed by atoms with Crippen LogP contribution in [0.1, 0.15) is 25.3 Å². The van der Waals surface area contributed by atoms with Gasteiger partial charge in [0.15, 0.2) is 5.92 Å². The van der Waals surface area contributed by atoms with E-state index in [1.165, 1.54) is 4.90 Å². The molecule has 1 saturated heterocycles. The lowest BCUT2D eigenvalue weighted by Gasteiger charge is -2.43. The third-order valence-electron chi connectivity index (χ3n) is 4.48. The standard InChI is InChI=1S/C17H20N2O4/c1-2-23-15(20)14(12-18)17(13-6-4-3-5-7-13)8-10-19(11-9-17)16(21)22/h3-7,14H,2,8-11H2,1H3,(H,21,22). The van der Waals surface area contributed by atoms with E-state index in [1.807, 2.05) is 30.3 Å². The molecule has 0 radical (unpaired) electrons. The maximum Gasteiger partial charge on any atom is 0.407 e. The Morgan fingerprint density at radius 2 is 1.96 bits per heavy atom. The highest BCUT2D eigenvalue weighted by molar-refractivity contribution is 5.78. The molecule has 2 rings (SSSR count). The number of benzene rings is 1. The molecule has 0 spiro atoms. The first-order valence-electron chi connectivity index (χ1n) is 7.65. The predicted octanol–water partition coefficient (Wildman–Crippen LogP) is 2.40. The molecule has 1 aliphatic rings. The molecule has 1 aromatic carbocycles. The third-order valence-corrected chi connectivity index (χ3v) is 4.48. The number of carbonyl (C=O) groups excluding carboxylic acids is 1. The van der Waals surface area contributed by atoms with Gasteiger partial charge in [-0.3, -0.25) is 4.79 Å². The summed E-state index contributed by atoms with van der Waals surface area (Å²) in [6, 6.07) is 11.5. The molecule has 0 aromatic heterocycles. The number of amides is 1. The van der Waals surface area contributed by atoms with Crippen LogP contribution in [0.25, 0.3) is 0 Å². The summed E-state index contributed by atoms with van der Waals surface area (Å²) in [6.07, 6.45) is -0.142. The zero-order chi connectivity index (χ0) is 16.9. The van der Waals surface area contributed by atoms with Gasteiger partial charge in [0.1, 0.15) is 0 Å². The fourth-order valence-corrected chi connectivity index (χ4v) is 3.24. The lowest BCUT2D eigenvalue weighted by molar-refractivity contribution is -0.149. The molecule has 0 aliphatic carbocycles. The van der Waals surface area contributed by atoms with Crippen LogP contribution in [-0.2, 0) is 14.9 Å². The van der Waals surface area contributed by atoms with E-state index in [4.69, 9.17) is 9.84 Å². The Morgan fingerprint density at radius 1 is 1.35 bits per heavy atom. The summed E-state index contributed by atoms with van der Waals surface area (Å²) >= 11 is 0. The fraction of sp³-hybridized carbons (Fsp3) is 0.471. The van der Waals surface area contributed by atoms with Crippen LogP contribution < -0.4 is 0 Å². The molecule has 1 fully saturated rings. The van der Waals surface area contributed by atoms with Gasteiger partial charge in [-0.1, -0.05) is 30.3 Å². The van der Waals surface area contributed by atoms with Gasteiger partial charge in [0, 0.05) is 18.5 Å². The van der Waals surface area contributed by atoms with Crippen LogP contribution in [0.15, 0.2) is 30.3 Å². The number of hydrogen-bond acceptors (Lipinski definition) is 4. The highest BCUT2D eigenvalue weighted by Gasteiger charge is 2.48. The molecule has 1 atom stereocenters. The van der Waals surface area contributed by atoms with Crippen LogP contribution in [0, 0.1) is 17.2 Å². The highest BCUT2D eigenvalue weighted by Crippen LogP contribution is 2.42. The average Bonchev–Trinajstić information content (AvgIpc) is 2.57. The second-order valence-electron chi connectivity index (χ2n) is 5.61. The number of carboxylic acid groups (broad SMARTS) is 1. The smallest absolute Gasteiger partial charge is 0.407 e. The van der Waals surface area contributed by atoms with E-state index in [9.17, 15) is 14.9 Å². The van der Waals surface area contributed by atoms with E-state index in [2.05, 4.69) is 6.07 Å². The van der Waals surface area contributed by atoms with Crippen LogP contribution in [0.2, 0.25) is 0 Å². The minimum atomic E-state index is -0.976. The van der Waals surface area contributed by atoms with Gasteiger partial charge in [-0.05, 0) is 25.3 Å². The van der Waals surface area contributed by atoms with Crippen molar-refractivity contribution in [1.29, 1.82) is 5.26 Å². The van der Waals surface area contributed by atoms with Crippen LogP contribution in [-0.4, -0.2) is 41.8 Å². The number of nitriles is 1. The van der Waals surface area contributed by atoms with Crippen molar-refractivity contribution in [1.82, 2.24) is 4.90 Å². The van der Waals surface area contributed by atoms with Crippen molar-refractivity contribution in [2.45, 2.75) is 25.2 Å². The van der Waals surface area contributed by atoms with Gasteiger partial charge in [0.05, 0.1) is 12.7 Å². The summed E-state index contributed by atoms with van der Waals surface area (Å²) in [5.74, 6) is -1.48. The quantitative estimate of drug-likeness (QED) is 0.861. The number of carbonyl (C=O) groups is 2. The number of esters is 1. The van der Waals surface area contributed by atoms with E-state index in [0.29, 0.717) is 25.9 Å². The third kappa shape index (κ3) is 3.29. The molecule has 0 saturated carbocycles. The Balaban J connectivity index is 2.39. The van der Waals surface area contributed by atoms with Gasteiger partial charge >= 0.3 is 12.1 Å². The second kappa shape index (κ2) is 7.14. The summed E-state index contributed by atoms with van der Waals surface area (Å²) < 4.78 is 5.08. The molecule has 6 nitrogen and oxygen atoms in total. The molecule has 1 N–H and O–H groups in total. The summed E-state index contributed by atoms with van der Waals surface area (Å²) in [5.41, 5.74) is 0.165. The first kappa shape index (κ1) is 16.8. The van der Waals surface area contributed by atoms with Crippen molar-refractivity contribution in [2.24, 2.45) is 5.92 Å². The number of hydrogen-bond donors (Lipinski definition) is 1. The molecular formula is C17H20N2O4. The SMILES string of the molecule is CCOC(=O)C(C#N)C1(c2ccccc2)CCN(C(=O)O)CC1. The van der Waals surface area contributed by atoms with E-state index in [1.54, 1.807) is 6.92 Å². The Hall–Kier alpha value is -2.55. The largest absolute Gasteiger partial charge is 0.465 e. The van der Waals surface area contributed by atoms with Crippen molar-refractivity contribution in [2.75, 3.05) is 19.7 Å². The lowest BCUT2D eigenvalue weighted by Crippen LogP contribution is -2.50. The molecule has 1 amide bonds. The first-order valence-corrected chi connectivity index (χ1v) is 7.65. The van der Waals surface area contributed by atoms with E-state index in [-0.39, 0.29) is 6.61 Å². The molecule has 23 heavy (non-hydrogen) atoms. The van der Waals surface area contributed by atoms with Gasteiger partial charge < -0.3 is 14.7 Å². The van der Waals surface area contributed by atoms with Gasteiger partial charge in [-0.25, -0.2) is 4.79 Å². The monoisotopic (exact) mass is 316 g/mol. The molecule has 1 aliphatic heterocycles. The first-order chi connectivity index (χ1) is 11.0. The minimum absolute atomic E-state index is 0.211. The topological polar surface area (TPSA) is 90.6 Å². The number of ether oxygens (including phenoxy) is 1. The van der Waals surface area contributed by atoms with Crippen LogP contribution >= 0.6 is 0 Å². The normalized spacial score (nSPS) is 17.8. The van der Waals surface area contributed by atoms with Crippen molar-refractivity contribution in [3.63, 3.8) is 0 Å². The number of rotatable bonds is 4. The van der Waals surface area contributed by atoms with Crippen LogP contribution in [0.4, 0.5) is 4.79 Å². The zero-order valence-corrected chi connectivity index (χ0v) is 13.1. The Morgan fingerprint density at radius 3 is 2.43 bits per heavy atom. The van der Waals surface area contributed by atoms with Crippen molar-refractivity contribution in [3.05, 3.63) is 35.9 Å². The average molecular weight is 316 g/mol. The van der Waals surface area contributed by atoms with E-state index in [0.717, 1.165) is 5.56 Å². The highest BCUT2D eigenvalue weighted by atomic mass is 16.5. The molecule has 0 bridgehead atoms.